The smallest absolute Gasteiger partial charge is 0.271 e. The molecule has 1 aromatic rings. The van der Waals surface area contributed by atoms with Crippen LogP contribution in [0.15, 0.2) is 53.6 Å². The highest BCUT2D eigenvalue weighted by Gasteiger charge is 2.34. The maximum Gasteiger partial charge on any atom is 0.271 e. The number of benzene rings is 1. The number of ether oxygens (including phenoxy) is 1. The molecule has 146 valence electrons. The Morgan fingerprint density at radius 1 is 1.14 bits per heavy atom. The van der Waals surface area contributed by atoms with E-state index in [1.807, 2.05) is 18.2 Å². The number of carbonyl (C=O) groups is 2. The highest BCUT2D eigenvalue weighted by molar-refractivity contribution is 6.19. The van der Waals surface area contributed by atoms with E-state index in [9.17, 15) is 14.9 Å². The van der Waals surface area contributed by atoms with Crippen molar-refractivity contribution in [1.82, 2.24) is 4.90 Å². The fraction of sp³-hybridized carbons (Fsp3) is 0.348. The van der Waals surface area contributed by atoms with E-state index in [-0.39, 0.29) is 11.5 Å². The number of nitrogens with zero attached hydrogens (tertiary/aromatic N) is 2. The van der Waals surface area contributed by atoms with Gasteiger partial charge in [0.25, 0.3) is 11.8 Å². The van der Waals surface area contributed by atoms with Gasteiger partial charge >= 0.3 is 0 Å². The maximum atomic E-state index is 12.9. The highest BCUT2D eigenvalue weighted by atomic mass is 16.5. The van der Waals surface area contributed by atoms with Crippen molar-refractivity contribution in [3.63, 3.8) is 0 Å². The third-order valence-corrected chi connectivity index (χ3v) is 4.62. The van der Waals surface area contributed by atoms with Gasteiger partial charge in [0.15, 0.2) is 0 Å². The van der Waals surface area contributed by atoms with Crippen LogP contribution in [0.3, 0.4) is 0 Å². The van der Waals surface area contributed by atoms with E-state index in [1.165, 1.54) is 4.90 Å². The SMILES string of the molecule is C=CCOc1ccc(/C=C2/C(=O)N(CCCCCC)C(=O)C(C#N)=C2C)cc1. The molecule has 0 aromatic heterocycles. The lowest BCUT2D eigenvalue weighted by atomic mass is 9.93. The van der Waals surface area contributed by atoms with Crippen LogP contribution in [0.4, 0.5) is 0 Å². The molecule has 1 aliphatic heterocycles. The number of carbonyl (C=O) groups excluding carboxylic acids is 2. The molecule has 5 nitrogen and oxygen atoms in total. The summed E-state index contributed by atoms with van der Waals surface area (Å²) in [5.74, 6) is -0.133. The first-order chi connectivity index (χ1) is 13.5. The van der Waals surface area contributed by atoms with Crippen molar-refractivity contribution in [3.8, 4) is 11.8 Å². The largest absolute Gasteiger partial charge is 0.490 e. The molecular formula is C23H26N2O3. The molecular weight excluding hydrogens is 352 g/mol. The van der Waals surface area contributed by atoms with Gasteiger partial charge in [-0.2, -0.15) is 5.26 Å². The predicted molar refractivity (Wildman–Crippen MR) is 109 cm³/mol. The first-order valence-corrected chi connectivity index (χ1v) is 9.56. The van der Waals surface area contributed by atoms with E-state index in [1.54, 1.807) is 31.2 Å². The molecule has 1 heterocycles. The minimum absolute atomic E-state index is 0.0345. The maximum absolute atomic E-state index is 12.9. The van der Waals surface area contributed by atoms with Crippen LogP contribution in [0.1, 0.15) is 45.1 Å². The zero-order valence-corrected chi connectivity index (χ0v) is 16.5. The van der Waals surface area contributed by atoms with Crippen molar-refractivity contribution in [2.24, 2.45) is 0 Å². The molecule has 1 aromatic carbocycles. The Balaban J connectivity index is 2.30. The Morgan fingerprint density at radius 2 is 1.86 bits per heavy atom. The van der Waals surface area contributed by atoms with Crippen molar-refractivity contribution in [1.29, 1.82) is 5.26 Å². The molecule has 0 saturated carbocycles. The van der Waals surface area contributed by atoms with Crippen LogP contribution in [0.2, 0.25) is 0 Å². The third kappa shape index (κ3) is 4.98. The molecule has 0 aliphatic carbocycles. The Hall–Kier alpha value is -3.13. The van der Waals surface area contributed by atoms with Gasteiger partial charge in [0.1, 0.15) is 24.0 Å². The molecule has 0 radical (unpaired) electrons. The first kappa shape index (κ1) is 21.2. The van der Waals surface area contributed by atoms with E-state index in [2.05, 4.69) is 13.5 Å². The van der Waals surface area contributed by atoms with E-state index in [0.29, 0.717) is 30.0 Å². The van der Waals surface area contributed by atoms with Gasteiger partial charge in [-0.25, -0.2) is 0 Å². The zero-order chi connectivity index (χ0) is 20.5. The van der Waals surface area contributed by atoms with E-state index in [0.717, 1.165) is 31.2 Å². The number of rotatable bonds is 9. The molecule has 0 bridgehead atoms. The van der Waals surface area contributed by atoms with Crippen LogP contribution >= 0.6 is 0 Å². The molecule has 5 heteroatoms. The molecule has 28 heavy (non-hydrogen) atoms. The number of unbranched alkanes of at least 4 members (excludes halogenated alkanes) is 3. The highest BCUT2D eigenvalue weighted by Crippen LogP contribution is 2.27. The number of hydrogen-bond acceptors (Lipinski definition) is 4. The number of hydrogen-bond donors (Lipinski definition) is 0. The second kappa shape index (κ2) is 10.3. The number of nitriles is 1. The molecule has 2 amide bonds. The molecule has 0 fully saturated rings. The summed E-state index contributed by atoms with van der Waals surface area (Å²) < 4.78 is 5.46. The van der Waals surface area contributed by atoms with Gasteiger partial charge in [-0.1, -0.05) is 51.0 Å². The van der Waals surface area contributed by atoms with Crippen LogP contribution in [0.5, 0.6) is 5.75 Å². The molecule has 0 unspecified atom stereocenters. The summed E-state index contributed by atoms with van der Waals surface area (Å²) in [7, 11) is 0. The summed E-state index contributed by atoms with van der Waals surface area (Å²) in [6.07, 6.45) is 7.20. The first-order valence-electron chi connectivity index (χ1n) is 9.56. The van der Waals surface area contributed by atoms with E-state index >= 15 is 0 Å². The van der Waals surface area contributed by atoms with Crippen molar-refractivity contribution in [2.45, 2.75) is 39.5 Å². The van der Waals surface area contributed by atoms with E-state index in [4.69, 9.17) is 4.74 Å². The van der Waals surface area contributed by atoms with Crippen molar-refractivity contribution in [3.05, 3.63) is 59.2 Å². The van der Waals surface area contributed by atoms with Gasteiger partial charge in [-0.3, -0.25) is 14.5 Å². The Kier molecular flexibility index (Phi) is 7.76. The Bertz CT molecular complexity index is 842. The average molecular weight is 378 g/mol. The summed E-state index contributed by atoms with van der Waals surface area (Å²) in [6.45, 7) is 8.12. The standard InChI is InChI=1S/C23H26N2O3/c1-4-6-7-8-13-25-22(26)20(17(3)21(16-24)23(25)27)15-18-9-11-19(12-10-18)28-14-5-2/h5,9-12,15H,2,4,6-8,13-14H2,1,3H3/b20-15+. The van der Waals surface area contributed by atoms with Crippen LogP contribution in [0, 0.1) is 11.3 Å². The van der Waals surface area contributed by atoms with Gasteiger partial charge < -0.3 is 4.74 Å². The number of imide groups is 1. The Labute approximate surface area is 166 Å². The molecule has 2 rings (SSSR count). The van der Waals surface area contributed by atoms with Gasteiger partial charge in [0, 0.05) is 12.1 Å². The van der Waals surface area contributed by atoms with Crippen LogP contribution in [0.25, 0.3) is 6.08 Å². The second-order valence-corrected chi connectivity index (χ2v) is 6.66. The molecule has 0 spiro atoms. The lowest BCUT2D eigenvalue weighted by Crippen LogP contribution is -2.43. The second-order valence-electron chi connectivity index (χ2n) is 6.66. The minimum atomic E-state index is -0.494. The minimum Gasteiger partial charge on any atom is -0.490 e. The average Bonchev–Trinajstić information content (AvgIpc) is 2.70. The lowest BCUT2D eigenvalue weighted by Gasteiger charge is -2.27. The van der Waals surface area contributed by atoms with Crippen LogP contribution in [-0.2, 0) is 9.59 Å². The van der Waals surface area contributed by atoms with Gasteiger partial charge in [0.05, 0.1) is 0 Å². The third-order valence-electron chi connectivity index (χ3n) is 4.62. The van der Waals surface area contributed by atoms with Gasteiger partial charge in [-0.05, 0) is 42.7 Å². The summed E-state index contributed by atoms with van der Waals surface area (Å²) in [4.78, 5) is 26.7. The quantitative estimate of drug-likeness (QED) is 0.276. The fourth-order valence-electron chi connectivity index (χ4n) is 3.01. The Morgan fingerprint density at radius 3 is 2.46 bits per heavy atom. The molecule has 0 atom stereocenters. The summed E-state index contributed by atoms with van der Waals surface area (Å²) in [6, 6.07) is 9.25. The summed E-state index contributed by atoms with van der Waals surface area (Å²) >= 11 is 0. The van der Waals surface area contributed by atoms with Crippen LogP contribution in [-0.4, -0.2) is 29.9 Å². The van der Waals surface area contributed by atoms with Crippen molar-refractivity contribution in [2.75, 3.05) is 13.2 Å². The monoisotopic (exact) mass is 378 g/mol. The predicted octanol–water partition coefficient (Wildman–Crippen LogP) is 4.42. The normalized spacial score (nSPS) is 15.8. The molecule has 0 N–H and O–H groups in total. The summed E-state index contributed by atoms with van der Waals surface area (Å²) in [5.41, 5.74) is 1.64. The zero-order valence-electron chi connectivity index (χ0n) is 16.5. The van der Waals surface area contributed by atoms with E-state index < -0.39 is 5.91 Å². The fourth-order valence-corrected chi connectivity index (χ4v) is 3.01. The lowest BCUT2D eigenvalue weighted by molar-refractivity contribution is -0.140. The van der Waals surface area contributed by atoms with Crippen molar-refractivity contribution < 1.29 is 14.3 Å². The van der Waals surface area contributed by atoms with Crippen molar-refractivity contribution >= 4 is 17.9 Å². The van der Waals surface area contributed by atoms with Gasteiger partial charge in [0.2, 0.25) is 0 Å². The van der Waals surface area contributed by atoms with Gasteiger partial charge in [-0.15, -0.1) is 0 Å². The number of amides is 2. The molecule has 0 saturated heterocycles. The topological polar surface area (TPSA) is 70.4 Å². The molecule has 1 aliphatic rings. The summed E-state index contributed by atoms with van der Waals surface area (Å²) in [5, 5.41) is 9.43. The van der Waals surface area contributed by atoms with Crippen LogP contribution < -0.4 is 4.74 Å².